The number of Topliss-reactive ketones (excluding diaryl/α,β-unsaturated/α-hetero) is 1. The molecule has 0 saturated heterocycles. The number of aromatic nitrogens is 1. The third-order valence-corrected chi connectivity index (χ3v) is 5.29. The van der Waals surface area contributed by atoms with Crippen molar-refractivity contribution in [3.63, 3.8) is 0 Å². The summed E-state index contributed by atoms with van der Waals surface area (Å²) in [5.74, 6) is -1.79. The fourth-order valence-electron chi connectivity index (χ4n) is 3.81. The first-order valence-corrected chi connectivity index (χ1v) is 9.74. The molecule has 0 atom stereocenters. The summed E-state index contributed by atoms with van der Waals surface area (Å²) in [7, 11) is 1.27. The van der Waals surface area contributed by atoms with Crippen molar-refractivity contribution in [2.24, 2.45) is 5.73 Å². The molecule has 1 fully saturated rings. The van der Waals surface area contributed by atoms with E-state index in [-0.39, 0.29) is 18.1 Å². The van der Waals surface area contributed by atoms with Crippen molar-refractivity contribution in [2.75, 3.05) is 13.7 Å². The highest BCUT2D eigenvalue weighted by Crippen LogP contribution is 2.47. The van der Waals surface area contributed by atoms with Gasteiger partial charge in [0.05, 0.1) is 18.2 Å². The van der Waals surface area contributed by atoms with Crippen LogP contribution < -0.4 is 10.5 Å². The molecule has 2 aromatic heterocycles. The van der Waals surface area contributed by atoms with Crippen LogP contribution in [0.4, 0.5) is 0 Å². The van der Waals surface area contributed by atoms with Crippen molar-refractivity contribution < 1.29 is 23.9 Å². The van der Waals surface area contributed by atoms with E-state index in [1.807, 2.05) is 40.9 Å². The normalized spacial score (nSPS) is 13.2. The summed E-state index contributed by atoms with van der Waals surface area (Å²) in [5.41, 5.74) is 8.97. The minimum atomic E-state index is -1.02. The van der Waals surface area contributed by atoms with Crippen LogP contribution in [0.3, 0.4) is 0 Å². The second-order valence-corrected chi connectivity index (χ2v) is 7.32. The second-order valence-electron chi connectivity index (χ2n) is 7.32. The molecule has 154 valence electrons. The van der Waals surface area contributed by atoms with Gasteiger partial charge >= 0.3 is 5.97 Å². The quantitative estimate of drug-likeness (QED) is 0.352. The fraction of sp³-hybridized carbons (Fsp3) is 0.261. The van der Waals surface area contributed by atoms with Crippen molar-refractivity contribution in [3.05, 3.63) is 71.0 Å². The van der Waals surface area contributed by atoms with Gasteiger partial charge in [-0.2, -0.15) is 0 Å². The van der Waals surface area contributed by atoms with E-state index in [1.54, 1.807) is 12.1 Å². The highest BCUT2D eigenvalue weighted by atomic mass is 16.6. The molecule has 1 aromatic carbocycles. The molecule has 1 amide bonds. The summed E-state index contributed by atoms with van der Waals surface area (Å²) in [6, 6.07) is 13.3. The molecule has 2 N–H and O–H groups in total. The number of pyridine rings is 1. The number of amides is 1. The van der Waals surface area contributed by atoms with Crippen LogP contribution in [0.1, 0.15) is 45.9 Å². The number of hydrogen-bond acceptors (Lipinski definition) is 5. The molecule has 1 aliphatic carbocycles. The molecule has 2 heterocycles. The molecule has 4 rings (SSSR count). The zero-order valence-corrected chi connectivity index (χ0v) is 16.6. The number of primary amides is 1. The lowest BCUT2D eigenvalue weighted by molar-refractivity contribution is -0.142. The molecular weight excluding hydrogens is 384 g/mol. The molecule has 0 bridgehead atoms. The predicted octanol–water partition coefficient (Wildman–Crippen LogP) is 2.63. The number of nitrogens with zero attached hydrogens (tertiary/aromatic N) is 1. The predicted molar refractivity (Wildman–Crippen MR) is 110 cm³/mol. The Kier molecular flexibility index (Phi) is 5.27. The van der Waals surface area contributed by atoms with Crippen molar-refractivity contribution >= 4 is 23.2 Å². The van der Waals surface area contributed by atoms with Crippen molar-refractivity contribution in [3.8, 4) is 5.75 Å². The minimum absolute atomic E-state index is 0.190. The molecular formula is C23H22N2O5. The van der Waals surface area contributed by atoms with Gasteiger partial charge in [0.2, 0.25) is 0 Å². The lowest BCUT2D eigenvalue weighted by Crippen LogP contribution is -2.24. The lowest BCUT2D eigenvalue weighted by Gasteiger charge is -2.09. The molecule has 0 aliphatic heterocycles. The number of carbonyl (C=O) groups excluding carboxylic acids is 3. The number of benzene rings is 1. The van der Waals surface area contributed by atoms with Gasteiger partial charge < -0.3 is 19.6 Å². The topological polar surface area (TPSA) is 100 Å². The highest BCUT2D eigenvalue weighted by molar-refractivity contribution is 6.44. The molecule has 1 aliphatic rings. The largest absolute Gasteiger partial charge is 0.480 e. The average molecular weight is 406 g/mol. The van der Waals surface area contributed by atoms with Crippen LogP contribution in [0.15, 0.2) is 48.7 Å². The van der Waals surface area contributed by atoms with Gasteiger partial charge in [-0.05, 0) is 42.0 Å². The van der Waals surface area contributed by atoms with Gasteiger partial charge in [-0.1, -0.05) is 30.3 Å². The Labute approximate surface area is 173 Å². The van der Waals surface area contributed by atoms with E-state index >= 15 is 0 Å². The summed E-state index contributed by atoms with van der Waals surface area (Å²) >= 11 is 0. The number of fused-ring (bicyclic) bond motifs is 1. The Balaban J connectivity index is 1.93. The molecule has 0 radical (unpaired) electrons. The highest BCUT2D eigenvalue weighted by Gasteiger charge is 2.36. The Morgan fingerprint density at radius 3 is 2.47 bits per heavy atom. The summed E-state index contributed by atoms with van der Waals surface area (Å²) in [4.78, 5) is 36.4. The van der Waals surface area contributed by atoms with E-state index < -0.39 is 17.7 Å². The zero-order chi connectivity index (χ0) is 21.3. The van der Waals surface area contributed by atoms with Gasteiger partial charge in [0.1, 0.15) is 5.75 Å². The summed E-state index contributed by atoms with van der Waals surface area (Å²) in [6.45, 7) is -0.307. The first kappa shape index (κ1) is 19.7. The van der Waals surface area contributed by atoms with E-state index in [2.05, 4.69) is 4.74 Å². The van der Waals surface area contributed by atoms with E-state index in [4.69, 9.17) is 10.5 Å². The van der Waals surface area contributed by atoms with Crippen LogP contribution in [-0.2, 0) is 20.7 Å². The van der Waals surface area contributed by atoms with E-state index in [9.17, 15) is 14.4 Å². The smallest absolute Gasteiger partial charge is 0.343 e. The minimum Gasteiger partial charge on any atom is -0.480 e. The number of methoxy groups -OCH3 is 1. The maximum absolute atomic E-state index is 12.9. The number of hydrogen-bond donors (Lipinski definition) is 1. The zero-order valence-electron chi connectivity index (χ0n) is 16.6. The SMILES string of the molecule is COC(=O)COc1cccn2c(Cc3ccccc3)c(C3CC3)c(C(=O)C(N)=O)c12. The fourth-order valence-corrected chi connectivity index (χ4v) is 3.81. The number of ketones is 1. The maximum Gasteiger partial charge on any atom is 0.343 e. The van der Waals surface area contributed by atoms with Crippen LogP contribution >= 0.6 is 0 Å². The van der Waals surface area contributed by atoms with Crippen LogP contribution in [0.5, 0.6) is 5.75 Å². The number of ether oxygens (including phenoxy) is 2. The van der Waals surface area contributed by atoms with Crippen molar-refractivity contribution in [2.45, 2.75) is 25.2 Å². The van der Waals surface area contributed by atoms with Crippen molar-refractivity contribution in [1.29, 1.82) is 0 Å². The molecule has 7 nitrogen and oxygen atoms in total. The van der Waals surface area contributed by atoms with Crippen LogP contribution in [0.2, 0.25) is 0 Å². The monoisotopic (exact) mass is 406 g/mol. The van der Waals surface area contributed by atoms with Gasteiger partial charge in [0.15, 0.2) is 6.61 Å². The lowest BCUT2D eigenvalue weighted by atomic mass is 9.97. The van der Waals surface area contributed by atoms with Gasteiger partial charge in [0, 0.05) is 18.3 Å². The molecule has 30 heavy (non-hydrogen) atoms. The van der Waals surface area contributed by atoms with Crippen LogP contribution in [0.25, 0.3) is 5.52 Å². The van der Waals surface area contributed by atoms with E-state index in [1.165, 1.54) is 7.11 Å². The average Bonchev–Trinajstić information content (AvgIpc) is 3.55. The van der Waals surface area contributed by atoms with Crippen molar-refractivity contribution in [1.82, 2.24) is 4.40 Å². The van der Waals surface area contributed by atoms with E-state index in [0.29, 0.717) is 17.7 Å². The molecule has 0 spiro atoms. The van der Waals surface area contributed by atoms with Gasteiger partial charge in [-0.15, -0.1) is 0 Å². The third kappa shape index (κ3) is 3.66. The Hall–Kier alpha value is -3.61. The van der Waals surface area contributed by atoms with Crippen LogP contribution in [-0.4, -0.2) is 35.8 Å². The summed E-state index contributed by atoms with van der Waals surface area (Å²) in [5, 5.41) is 0. The van der Waals surface area contributed by atoms with Gasteiger partial charge in [-0.3, -0.25) is 9.59 Å². The Bertz CT molecular complexity index is 1130. The summed E-state index contributed by atoms with van der Waals surface area (Å²) in [6.07, 6.45) is 4.30. The first-order chi connectivity index (χ1) is 14.5. The number of carbonyl (C=O) groups is 3. The standard InChI is InChI=1S/C23H22N2O5/c1-29-18(26)13-30-17-8-5-11-25-16(12-14-6-3-2-4-7-14)19(15-9-10-15)20(21(17)25)22(27)23(24)28/h2-8,11,15H,9-10,12-13H2,1H3,(H2,24,28). The Morgan fingerprint density at radius 2 is 1.83 bits per heavy atom. The number of rotatable bonds is 8. The van der Waals surface area contributed by atoms with Gasteiger partial charge in [-0.25, -0.2) is 4.79 Å². The maximum atomic E-state index is 12.9. The van der Waals surface area contributed by atoms with Crippen LogP contribution in [0, 0.1) is 0 Å². The Morgan fingerprint density at radius 1 is 1.10 bits per heavy atom. The molecule has 7 heteroatoms. The number of nitrogens with two attached hydrogens (primary N) is 1. The second kappa shape index (κ2) is 8.02. The number of esters is 1. The molecule has 0 unspecified atom stereocenters. The third-order valence-electron chi connectivity index (χ3n) is 5.29. The van der Waals surface area contributed by atoms with E-state index in [0.717, 1.165) is 29.7 Å². The molecule has 1 saturated carbocycles. The van der Waals surface area contributed by atoms with Gasteiger partial charge in [0.25, 0.3) is 11.7 Å². The summed E-state index contributed by atoms with van der Waals surface area (Å²) < 4.78 is 12.2. The molecule has 3 aromatic rings. The first-order valence-electron chi connectivity index (χ1n) is 9.74.